The molecule has 24 heavy (non-hydrogen) atoms. The molecule has 3 unspecified atom stereocenters. The van der Waals surface area contributed by atoms with Crippen LogP contribution in [0.5, 0.6) is 0 Å². The van der Waals surface area contributed by atoms with Crippen LogP contribution in [0.1, 0.15) is 57.1 Å². The first-order valence-corrected chi connectivity index (χ1v) is 9.04. The minimum atomic E-state index is 0. The van der Waals surface area contributed by atoms with Gasteiger partial charge in [-0.3, -0.25) is 9.78 Å². The number of carbonyl (C=O) groups excluding carboxylic acids is 1. The van der Waals surface area contributed by atoms with Gasteiger partial charge in [0.25, 0.3) is 0 Å². The Labute approximate surface area is 151 Å². The van der Waals surface area contributed by atoms with E-state index in [9.17, 15) is 4.79 Å². The van der Waals surface area contributed by atoms with Gasteiger partial charge in [0, 0.05) is 31.4 Å². The third-order valence-electron chi connectivity index (χ3n) is 6.05. The normalized spacial score (nSPS) is 30.1. The van der Waals surface area contributed by atoms with Crippen molar-refractivity contribution < 1.29 is 4.79 Å². The molecular weight excluding hydrogens is 322 g/mol. The fourth-order valence-electron chi connectivity index (χ4n) is 4.75. The van der Waals surface area contributed by atoms with Gasteiger partial charge in [-0.15, -0.1) is 12.4 Å². The first kappa shape index (κ1) is 19.2. The summed E-state index contributed by atoms with van der Waals surface area (Å²) in [6.07, 6.45) is 10.2. The second-order valence-electron chi connectivity index (χ2n) is 7.35. The third-order valence-corrected chi connectivity index (χ3v) is 6.05. The molecule has 0 spiro atoms. The van der Waals surface area contributed by atoms with Gasteiger partial charge in [-0.1, -0.05) is 13.3 Å². The summed E-state index contributed by atoms with van der Waals surface area (Å²) in [5, 5.41) is 0. The predicted octanol–water partition coefficient (Wildman–Crippen LogP) is 3.57. The van der Waals surface area contributed by atoms with Gasteiger partial charge < -0.3 is 10.6 Å². The van der Waals surface area contributed by atoms with E-state index in [0.29, 0.717) is 23.8 Å². The Morgan fingerprint density at radius 3 is 2.42 bits per heavy atom. The molecule has 1 heterocycles. The van der Waals surface area contributed by atoms with Crippen LogP contribution in [0, 0.1) is 17.8 Å². The van der Waals surface area contributed by atoms with Gasteiger partial charge in [-0.05, 0) is 61.6 Å². The summed E-state index contributed by atoms with van der Waals surface area (Å²) in [5.41, 5.74) is 7.54. The van der Waals surface area contributed by atoms with E-state index in [0.717, 1.165) is 19.3 Å². The number of halogens is 1. The standard InChI is InChI=1S/C19H29N3O.ClH/c1-3-17(13-7-9-21-10-8-13)22(2)19(23)16-11-14-5-4-6-15(12-16)18(14)20;/h7-10,14-18H,3-6,11-12,20H2,1-2H3;1H. The summed E-state index contributed by atoms with van der Waals surface area (Å²) < 4.78 is 0. The number of fused-ring (bicyclic) bond motifs is 2. The van der Waals surface area contributed by atoms with Crippen LogP contribution in [0.25, 0.3) is 0 Å². The monoisotopic (exact) mass is 351 g/mol. The highest BCUT2D eigenvalue weighted by Crippen LogP contribution is 2.43. The van der Waals surface area contributed by atoms with Crippen molar-refractivity contribution in [2.75, 3.05) is 7.05 Å². The van der Waals surface area contributed by atoms with Gasteiger partial charge in [0.15, 0.2) is 0 Å². The second-order valence-corrected chi connectivity index (χ2v) is 7.35. The lowest BCUT2D eigenvalue weighted by Crippen LogP contribution is -2.49. The van der Waals surface area contributed by atoms with Crippen LogP contribution >= 0.6 is 12.4 Å². The molecule has 0 radical (unpaired) electrons. The molecule has 1 aromatic heterocycles. The molecule has 134 valence electrons. The first-order chi connectivity index (χ1) is 11.1. The van der Waals surface area contributed by atoms with Crippen molar-refractivity contribution in [1.29, 1.82) is 0 Å². The minimum absolute atomic E-state index is 0. The number of aromatic nitrogens is 1. The highest BCUT2D eigenvalue weighted by Gasteiger charge is 2.41. The van der Waals surface area contributed by atoms with Gasteiger partial charge in [-0.25, -0.2) is 0 Å². The number of amides is 1. The van der Waals surface area contributed by atoms with Crippen molar-refractivity contribution >= 4 is 18.3 Å². The second kappa shape index (κ2) is 8.30. The summed E-state index contributed by atoms with van der Waals surface area (Å²) in [6.45, 7) is 2.14. The molecule has 0 aliphatic heterocycles. The molecule has 3 atom stereocenters. The summed E-state index contributed by atoms with van der Waals surface area (Å²) in [6, 6.07) is 4.49. The largest absolute Gasteiger partial charge is 0.338 e. The lowest BCUT2D eigenvalue weighted by molar-refractivity contribution is -0.139. The molecular formula is C19H30ClN3O. The maximum absolute atomic E-state index is 13.1. The van der Waals surface area contributed by atoms with Crippen molar-refractivity contribution in [3.8, 4) is 0 Å². The molecule has 2 fully saturated rings. The third kappa shape index (κ3) is 3.75. The number of hydrogen-bond acceptors (Lipinski definition) is 3. The van der Waals surface area contributed by atoms with Crippen LogP contribution in [0.3, 0.4) is 0 Å². The maximum Gasteiger partial charge on any atom is 0.225 e. The Kier molecular flexibility index (Phi) is 6.64. The van der Waals surface area contributed by atoms with Crippen LogP contribution in [0.15, 0.2) is 24.5 Å². The SMILES string of the molecule is CCC(c1ccncc1)N(C)C(=O)C1CC2CCCC(C1)C2N.Cl. The van der Waals surface area contributed by atoms with Crippen LogP contribution in [-0.4, -0.2) is 28.9 Å². The average molecular weight is 352 g/mol. The molecule has 5 heteroatoms. The van der Waals surface area contributed by atoms with E-state index in [-0.39, 0.29) is 24.4 Å². The Balaban J connectivity index is 0.00000208. The summed E-state index contributed by atoms with van der Waals surface area (Å²) in [4.78, 5) is 19.1. The smallest absolute Gasteiger partial charge is 0.225 e. The van der Waals surface area contributed by atoms with E-state index in [1.165, 1.54) is 24.8 Å². The van der Waals surface area contributed by atoms with Crippen molar-refractivity contribution in [1.82, 2.24) is 9.88 Å². The number of nitrogens with zero attached hydrogens (tertiary/aromatic N) is 2. The fraction of sp³-hybridized carbons (Fsp3) is 0.684. The van der Waals surface area contributed by atoms with Gasteiger partial charge >= 0.3 is 0 Å². The molecule has 2 aliphatic carbocycles. The Morgan fingerprint density at radius 2 is 1.88 bits per heavy atom. The molecule has 4 nitrogen and oxygen atoms in total. The topological polar surface area (TPSA) is 59.2 Å². The van der Waals surface area contributed by atoms with Gasteiger partial charge in [-0.2, -0.15) is 0 Å². The number of carbonyl (C=O) groups is 1. The quantitative estimate of drug-likeness (QED) is 0.902. The van der Waals surface area contributed by atoms with Crippen LogP contribution < -0.4 is 5.73 Å². The molecule has 3 rings (SSSR count). The zero-order valence-corrected chi connectivity index (χ0v) is 15.5. The summed E-state index contributed by atoms with van der Waals surface area (Å²) in [7, 11) is 1.96. The van der Waals surface area contributed by atoms with E-state index in [2.05, 4.69) is 11.9 Å². The first-order valence-electron chi connectivity index (χ1n) is 9.04. The Hall–Kier alpha value is -1.13. The van der Waals surface area contributed by atoms with E-state index >= 15 is 0 Å². The predicted molar refractivity (Wildman–Crippen MR) is 98.8 cm³/mol. The van der Waals surface area contributed by atoms with Crippen molar-refractivity contribution in [2.24, 2.45) is 23.5 Å². The molecule has 0 saturated heterocycles. The highest BCUT2D eigenvalue weighted by atomic mass is 35.5. The van der Waals surface area contributed by atoms with Crippen LogP contribution in [0.2, 0.25) is 0 Å². The molecule has 1 aromatic rings. The fourth-order valence-corrected chi connectivity index (χ4v) is 4.75. The van der Waals surface area contributed by atoms with Crippen LogP contribution in [-0.2, 0) is 4.79 Å². The number of rotatable bonds is 4. The number of nitrogens with two attached hydrogens (primary N) is 1. The van der Waals surface area contributed by atoms with Crippen LogP contribution in [0.4, 0.5) is 0 Å². The minimum Gasteiger partial charge on any atom is -0.338 e. The van der Waals surface area contributed by atoms with E-state index < -0.39 is 0 Å². The van der Waals surface area contributed by atoms with E-state index in [1.807, 2.05) is 24.1 Å². The van der Waals surface area contributed by atoms with Crippen molar-refractivity contribution in [2.45, 2.75) is 57.5 Å². The summed E-state index contributed by atoms with van der Waals surface area (Å²) in [5.74, 6) is 1.56. The highest BCUT2D eigenvalue weighted by molar-refractivity contribution is 5.85. The van der Waals surface area contributed by atoms with Crippen molar-refractivity contribution in [3.05, 3.63) is 30.1 Å². The lowest BCUT2D eigenvalue weighted by atomic mass is 9.65. The van der Waals surface area contributed by atoms with Crippen molar-refractivity contribution in [3.63, 3.8) is 0 Å². The van der Waals surface area contributed by atoms with Gasteiger partial charge in [0.05, 0.1) is 6.04 Å². The van der Waals surface area contributed by atoms with E-state index in [4.69, 9.17) is 5.73 Å². The van der Waals surface area contributed by atoms with Gasteiger partial charge in [0.1, 0.15) is 0 Å². The van der Waals surface area contributed by atoms with E-state index in [1.54, 1.807) is 12.4 Å². The summed E-state index contributed by atoms with van der Waals surface area (Å²) >= 11 is 0. The lowest BCUT2D eigenvalue weighted by Gasteiger charge is -2.44. The number of hydrogen-bond donors (Lipinski definition) is 1. The molecule has 0 aromatic carbocycles. The average Bonchev–Trinajstić information content (AvgIpc) is 2.55. The molecule has 2 bridgehead atoms. The zero-order chi connectivity index (χ0) is 16.4. The zero-order valence-electron chi connectivity index (χ0n) is 14.7. The molecule has 2 saturated carbocycles. The number of pyridine rings is 1. The Morgan fingerprint density at radius 1 is 1.29 bits per heavy atom. The maximum atomic E-state index is 13.1. The molecule has 2 N–H and O–H groups in total. The molecule has 1 amide bonds. The Bertz CT molecular complexity index is 525. The molecule has 2 aliphatic rings. The van der Waals surface area contributed by atoms with Gasteiger partial charge in [0.2, 0.25) is 5.91 Å².